The molecule has 0 aliphatic heterocycles. The first-order chi connectivity index (χ1) is 11.2. The second-order valence-corrected chi connectivity index (χ2v) is 6.55. The third-order valence-corrected chi connectivity index (χ3v) is 4.95. The summed E-state index contributed by atoms with van der Waals surface area (Å²) in [5.41, 5.74) is 0. The summed E-state index contributed by atoms with van der Waals surface area (Å²) in [5.74, 6) is -0.0949. The molecule has 118 valence electrons. The first-order valence-electron chi connectivity index (χ1n) is 6.88. The second kappa shape index (κ2) is 7.34. The monoisotopic (exact) mass is 348 g/mol. The first-order valence-corrected chi connectivity index (χ1v) is 8.58. The van der Waals surface area contributed by atoms with Gasteiger partial charge in [0.1, 0.15) is 28.1 Å². The van der Waals surface area contributed by atoms with Crippen molar-refractivity contribution in [2.75, 3.05) is 13.2 Å². The third-order valence-electron chi connectivity index (χ3n) is 2.91. The molecule has 0 atom stereocenters. The van der Waals surface area contributed by atoms with Crippen molar-refractivity contribution < 1.29 is 13.9 Å². The molecule has 23 heavy (non-hydrogen) atoms. The topological polar surface area (TPSA) is 51.2 Å². The Morgan fingerprint density at radius 1 is 1.30 bits per heavy atom. The Kier molecular flexibility index (Phi) is 4.99. The molecule has 0 spiro atoms. The number of rotatable bonds is 6. The van der Waals surface area contributed by atoms with Gasteiger partial charge >= 0.3 is 0 Å². The van der Waals surface area contributed by atoms with E-state index in [2.05, 4.69) is 10.3 Å². The average Bonchev–Trinajstić information content (AvgIpc) is 3.21. The summed E-state index contributed by atoms with van der Waals surface area (Å²) >= 11 is 2.94. The highest BCUT2D eigenvalue weighted by Crippen LogP contribution is 2.28. The van der Waals surface area contributed by atoms with E-state index in [0.29, 0.717) is 17.2 Å². The lowest BCUT2D eigenvalue weighted by Crippen LogP contribution is -2.27. The molecule has 0 aliphatic rings. The number of amides is 1. The van der Waals surface area contributed by atoms with Crippen LogP contribution < -0.4 is 10.1 Å². The van der Waals surface area contributed by atoms with E-state index in [9.17, 15) is 9.18 Å². The van der Waals surface area contributed by atoms with Gasteiger partial charge in [-0.3, -0.25) is 4.79 Å². The van der Waals surface area contributed by atoms with E-state index in [4.69, 9.17) is 4.74 Å². The molecule has 0 saturated carbocycles. The number of nitrogens with zero attached hydrogens (tertiary/aromatic N) is 1. The molecule has 0 bridgehead atoms. The molecule has 7 heteroatoms. The number of aromatic nitrogens is 1. The number of hydrogen-bond donors (Lipinski definition) is 1. The van der Waals surface area contributed by atoms with Crippen LogP contribution in [0.1, 0.15) is 9.67 Å². The normalized spacial score (nSPS) is 10.5. The number of carbonyl (C=O) groups excluding carboxylic acids is 1. The summed E-state index contributed by atoms with van der Waals surface area (Å²) in [5, 5.41) is 5.57. The number of thiophene rings is 1. The quantitative estimate of drug-likeness (QED) is 0.689. The molecule has 0 radical (unpaired) electrons. The first kappa shape index (κ1) is 15.6. The smallest absolute Gasteiger partial charge is 0.263 e. The molecule has 1 amide bonds. The maximum atomic E-state index is 13.0. The van der Waals surface area contributed by atoms with Crippen molar-refractivity contribution in [3.63, 3.8) is 0 Å². The van der Waals surface area contributed by atoms with Crippen LogP contribution >= 0.6 is 22.7 Å². The number of hydrogen-bond acceptors (Lipinski definition) is 5. The van der Waals surface area contributed by atoms with Crippen LogP contribution in [0.4, 0.5) is 4.39 Å². The van der Waals surface area contributed by atoms with Crippen molar-refractivity contribution in [2.24, 2.45) is 0 Å². The molecule has 3 rings (SSSR count). The van der Waals surface area contributed by atoms with Crippen molar-refractivity contribution in [1.82, 2.24) is 10.3 Å². The lowest BCUT2D eigenvalue weighted by atomic mass is 10.3. The molecule has 2 heterocycles. The molecule has 3 aromatic rings. The van der Waals surface area contributed by atoms with Gasteiger partial charge in [0.2, 0.25) is 0 Å². The highest BCUT2D eigenvalue weighted by Gasteiger charge is 2.11. The van der Waals surface area contributed by atoms with Crippen molar-refractivity contribution >= 4 is 28.6 Å². The van der Waals surface area contributed by atoms with Gasteiger partial charge in [-0.25, -0.2) is 9.37 Å². The van der Waals surface area contributed by atoms with E-state index in [1.807, 2.05) is 17.5 Å². The highest BCUT2D eigenvalue weighted by molar-refractivity contribution is 7.21. The fraction of sp³-hybridized carbons (Fsp3) is 0.125. The van der Waals surface area contributed by atoms with Gasteiger partial charge in [0.05, 0.1) is 17.6 Å². The van der Waals surface area contributed by atoms with Crippen LogP contribution in [0.15, 0.2) is 48.0 Å². The number of thiazole rings is 1. The molecule has 2 aromatic heterocycles. The number of nitrogens with one attached hydrogen (secondary N) is 1. The van der Waals surface area contributed by atoms with Crippen molar-refractivity contribution in [2.45, 2.75) is 0 Å². The van der Waals surface area contributed by atoms with Gasteiger partial charge in [-0.15, -0.1) is 22.7 Å². The largest absolute Gasteiger partial charge is 0.492 e. The zero-order valence-corrected chi connectivity index (χ0v) is 13.6. The van der Waals surface area contributed by atoms with Gasteiger partial charge in [0.25, 0.3) is 5.91 Å². The molecule has 1 aromatic carbocycles. The Hall–Kier alpha value is -2.25. The van der Waals surface area contributed by atoms with E-state index in [1.165, 1.54) is 23.5 Å². The summed E-state index contributed by atoms with van der Waals surface area (Å²) in [6, 6.07) is 9.82. The Bertz CT molecular complexity index is 787. The molecular weight excluding hydrogens is 335 g/mol. The number of carbonyl (C=O) groups is 1. The third kappa shape index (κ3) is 4.14. The maximum absolute atomic E-state index is 13.0. The van der Waals surface area contributed by atoms with Crippen LogP contribution in [0.5, 0.6) is 5.75 Å². The van der Waals surface area contributed by atoms with E-state index >= 15 is 0 Å². The van der Waals surface area contributed by atoms with Gasteiger partial charge in [-0.05, 0) is 23.6 Å². The van der Waals surface area contributed by atoms with Crippen LogP contribution in [0, 0.1) is 5.82 Å². The Morgan fingerprint density at radius 3 is 3.00 bits per heavy atom. The second-order valence-electron chi connectivity index (χ2n) is 4.57. The molecule has 0 unspecified atom stereocenters. The van der Waals surface area contributed by atoms with Gasteiger partial charge in [0.15, 0.2) is 0 Å². The number of ether oxygens (including phenoxy) is 1. The van der Waals surface area contributed by atoms with E-state index < -0.39 is 0 Å². The standard InChI is InChI=1S/C16H13FN2O2S2/c17-11-3-1-4-12(9-11)21-7-6-18-15(20)14-10-19-16(23-14)13-5-2-8-22-13/h1-5,8-10H,6-7H2,(H,18,20). The van der Waals surface area contributed by atoms with Crippen LogP contribution in [-0.2, 0) is 0 Å². The predicted octanol–water partition coefficient (Wildman–Crippen LogP) is 3.82. The fourth-order valence-corrected chi connectivity index (χ4v) is 3.51. The molecule has 0 aliphatic carbocycles. The maximum Gasteiger partial charge on any atom is 0.263 e. The van der Waals surface area contributed by atoms with Gasteiger partial charge in [-0.2, -0.15) is 0 Å². The van der Waals surface area contributed by atoms with Crippen LogP contribution in [0.25, 0.3) is 9.88 Å². The van der Waals surface area contributed by atoms with E-state index in [0.717, 1.165) is 9.88 Å². The minimum atomic E-state index is -0.350. The lowest BCUT2D eigenvalue weighted by molar-refractivity contribution is 0.0951. The molecule has 4 nitrogen and oxygen atoms in total. The minimum absolute atomic E-state index is 0.187. The van der Waals surface area contributed by atoms with Crippen molar-refractivity contribution in [3.05, 3.63) is 58.7 Å². The summed E-state index contributed by atoms with van der Waals surface area (Å²) in [7, 11) is 0. The summed E-state index contributed by atoms with van der Waals surface area (Å²) in [4.78, 5) is 17.9. The molecule has 0 saturated heterocycles. The van der Waals surface area contributed by atoms with Crippen LogP contribution in [-0.4, -0.2) is 24.0 Å². The van der Waals surface area contributed by atoms with Gasteiger partial charge < -0.3 is 10.1 Å². The zero-order chi connectivity index (χ0) is 16.1. The average molecular weight is 348 g/mol. The SMILES string of the molecule is O=C(NCCOc1cccc(F)c1)c1cnc(-c2cccs2)s1. The van der Waals surface area contributed by atoms with Crippen LogP contribution in [0.2, 0.25) is 0 Å². The van der Waals surface area contributed by atoms with E-state index in [-0.39, 0.29) is 18.3 Å². The van der Waals surface area contributed by atoms with E-state index in [1.54, 1.807) is 29.7 Å². The molecule has 0 fully saturated rings. The highest BCUT2D eigenvalue weighted by atomic mass is 32.1. The van der Waals surface area contributed by atoms with Gasteiger partial charge in [-0.1, -0.05) is 12.1 Å². The molecular formula is C16H13FN2O2S2. The van der Waals surface area contributed by atoms with Crippen molar-refractivity contribution in [1.29, 1.82) is 0 Å². The minimum Gasteiger partial charge on any atom is -0.492 e. The fourth-order valence-electron chi connectivity index (χ4n) is 1.87. The summed E-state index contributed by atoms with van der Waals surface area (Å²) in [6.07, 6.45) is 1.57. The Labute approximate surface area is 140 Å². The summed E-state index contributed by atoms with van der Waals surface area (Å²) < 4.78 is 18.4. The predicted molar refractivity (Wildman–Crippen MR) is 89.7 cm³/mol. The van der Waals surface area contributed by atoms with Crippen LogP contribution in [0.3, 0.4) is 0 Å². The van der Waals surface area contributed by atoms with Gasteiger partial charge in [0, 0.05) is 6.07 Å². The molecule has 1 N–H and O–H groups in total. The number of halogens is 1. The lowest BCUT2D eigenvalue weighted by Gasteiger charge is -2.06. The van der Waals surface area contributed by atoms with Crippen molar-refractivity contribution in [3.8, 4) is 15.6 Å². The summed E-state index contributed by atoms with van der Waals surface area (Å²) in [6.45, 7) is 0.605. The zero-order valence-electron chi connectivity index (χ0n) is 12.0. The number of benzene rings is 1. The Morgan fingerprint density at radius 2 is 2.22 bits per heavy atom. The Balaban J connectivity index is 1.48.